The normalized spacial score (nSPS) is 22.6. The largest absolute Gasteiger partial charge is 0.242 e. The Balaban J connectivity index is 2.15. The number of sulfonamides is 1. The summed E-state index contributed by atoms with van der Waals surface area (Å²) in [5.41, 5.74) is -0.431. The zero-order chi connectivity index (χ0) is 14.8. The molecule has 0 bridgehead atoms. The lowest BCUT2D eigenvalue weighted by Crippen LogP contribution is -2.29. The van der Waals surface area contributed by atoms with Crippen molar-refractivity contribution in [2.75, 3.05) is 6.54 Å². The van der Waals surface area contributed by atoms with E-state index in [9.17, 15) is 12.8 Å². The van der Waals surface area contributed by atoms with Crippen LogP contribution in [-0.4, -0.2) is 15.0 Å². The molecule has 0 heterocycles. The fourth-order valence-electron chi connectivity index (χ4n) is 2.65. The van der Waals surface area contributed by atoms with Crippen molar-refractivity contribution < 1.29 is 12.8 Å². The summed E-state index contributed by atoms with van der Waals surface area (Å²) in [6.07, 6.45) is 3.10. The number of nitriles is 1. The van der Waals surface area contributed by atoms with E-state index in [-0.39, 0.29) is 4.90 Å². The molecule has 1 N–H and O–H groups in total. The summed E-state index contributed by atoms with van der Waals surface area (Å²) >= 11 is 0. The smallest absolute Gasteiger partial charge is 0.211 e. The Hall–Kier alpha value is -1.45. The van der Waals surface area contributed by atoms with Crippen LogP contribution in [-0.2, 0) is 10.0 Å². The van der Waals surface area contributed by atoms with Crippen molar-refractivity contribution in [1.29, 1.82) is 5.26 Å². The maximum absolute atomic E-state index is 13.5. The lowest BCUT2D eigenvalue weighted by atomic mass is 10.1. The van der Waals surface area contributed by atoms with Crippen LogP contribution in [0.4, 0.5) is 4.39 Å². The van der Waals surface area contributed by atoms with Gasteiger partial charge in [-0.05, 0) is 36.8 Å². The van der Waals surface area contributed by atoms with Crippen molar-refractivity contribution in [3.8, 4) is 6.07 Å². The van der Waals surface area contributed by atoms with Gasteiger partial charge >= 0.3 is 0 Å². The van der Waals surface area contributed by atoms with E-state index in [0.717, 1.165) is 25.3 Å². The summed E-state index contributed by atoms with van der Waals surface area (Å²) in [6.45, 7) is 2.49. The highest BCUT2D eigenvalue weighted by atomic mass is 32.2. The molecule has 6 heteroatoms. The Morgan fingerprint density at radius 1 is 1.45 bits per heavy atom. The molecule has 1 saturated carbocycles. The van der Waals surface area contributed by atoms with Gasteiger partial charge in [0.15, 0.2) is 0 Å². The number of halogens is 1. The maximum atomic E-state index is 13.5. The summed E-state index contributed by atoms with van der Waals surface area (Å²) in [6, 6.07) is 5.24. The molecule has 0 spiro atoms. The zero-order valence-electron chi connectivity index (χ0n) is 11.3. The average molecular weight is 296 g/mol. The first kappa shape index (κ1) is 14.9. The molecule has 0 amide bonds. The third-order valence-electron chi connectivity index (χ3n) is 3.74. The Bertz CT molecular complexity index is 637. The molecular formula is C14H17FN2O2S. The van der Waals surface area contributed by atoms with Gasteiger partial charge in [-0.25, -0.2) is 17.5 Å². The molecule has 0 aliphatic heterocycles. The molecule has 0 aromatic heterocycles. The van der Waals surface area contributed by atoms with E-state index in [0.29, 0.717) is 18.4 Å². The fourth-order valence-corrected chi connectivity index (χ4v) is 3.93. The zero-order valence-corrected chi connectivity index (χ0v) is 12.1. The highest BCUT2D eigenvalue weighted by molar-refractivity contribution is 7.89. The molecule has 0 radical (unpaired) electrons. The predicted octanol–water partition coefficient (Wildman–Crippen LogP) is 2.41. The van der Waals surface area contributed by atoms with E-state index in [2.05, 4.69) is 11.6 Å². The first-order valence-corrected chi connectivity index (χ1v) is 8.10. The van der Waals surface area contributed by atoms with E-state index in [1.165, 1.54) is 12.1 Å². The first-order chi connectivity index (χ1) is 9.44. The van der Waals surface area contributed by atoms with Crippen molar-refractivity contribution in [3.63, 3.8) is 0 Å². The van der Waals surface area contributed by atoms with Gasteiger partial charge < -0.3 is 0 Å². The van der Waals surface area contributed by atoms with Crippen molar-refractivity contribution in [1.82, 2.24) is 4.72 Å². The number of hydrogen-bond acceptors (Lipinski definition) is 3. The van der Waals surface area contributed by atoms with Gasteiger partial charge in [0, 0.05) is 6.54 Å². The molecule has 0 saturated heterocycles. The minimum absolute atomic E-state index is 0.286. The van der Waals surface area contributed by atoms with E-state index in [1.54, 1.807) is 6.07 Å². The van der Waals surface area contributed by atoms with Gasteiger partial charge in [-0.1, -0.05) is 19.4 Å². The maximum Gasteiger partial charge on any atom is 0.242 e. The fraction of sp³-hybridized carbons (Fsp3) is 0.500. The van der Waals surface area contributed by atoms with Crippen LogP contribution in [0.2, 0.25) is 0 Å². The summed E-state index contributed by atoms with van der Waals surface area (Å²) in [5, 5.41) is 8.89. The quantitative estimate of drug-likeness (QED) is 0.927. The monoisotopic (exact) mass is 296 g/mol. The van der Waals surface area contributed by atoms with Gasteiger partial charge in [-0.2, -0.15) is 5.26 Å². The Kier molecular flexibility index (Phi) is 4.41. The van der Waals surface area contributed by atoms with E-state index < -0.39 is 21.4 Å². The number of hydrogen-bond donors (Lipinski definition) is 1. The van der Waals surface area contributed by atoms with Crippen LogP contribution in [0.15, 0.2) is 23.1 Å². The molecule has 1 aromatic rings. The number of nitrogens with zero attached hydrogens (tertiary/aromatic N) is 1. The van der Waals surface area contributed by atoms with Crippen molar-refractivity contribution in [3.05, 3.63) is 29.6 Å². The van der Waals surface area contributed by atoms with Gasteiger partial charge in [-0.3, -0.25) is 0 Å². The summed E-state index contributed by atoms with van der Waals surface area (Å²) in [5.74, 6) is 0.122. The van der Waals surface area contributed by atoms with Crippen molar-refractivity contribution in [2.24, 2.45) is 11.8 Å². The van der Waals surface area contributed by atoms with Gasteiger partial charge in [0.2, 0.25) is 10.0 Å². The third-order valence-corrected chi connectivity index (χ3v) is 5.21. The van der Waals surface area contributed by atoms with E-state index >= 15 is 0 Å². The molecule has 2 rings (SSSR count). The lowest BCUT2D eigenvalue weighted by molar-refractivity contribution is 0.498. The molecule has 2 atom stereocenters. The second kappa shape index (κ2) is 5.90. The molecule has 2 unspecified atom stereocenters. The average Bonchev–Trinajstić information content (AvgIpc) is 2.82. The van der Waals surface area contributed by atoms with Crippen LogP contribution in [0.1, 0.15) is 31.7 Å². The summed E-state index contributed by atoms with van der Waals surface area (Å²) < 4.78 is 40.3. The van der Waals surface area contributed by atoms with Gasteiger partial charge in [-0.15, -0.1) is 0 Å². The van der Waals surface area contributed by atoms with Crippen LogP contribution in [0.3, 0.4) is 0 Å². The van der Waals surface area contributed by atoms with Gasteiger partial charge in [0.1, 0.15) is 22.3 Å². The lowest BCUT2D eigenvalue weighted by Gasteiger charge is -2.12. The second-order valence-corrected chi connectivity index (χ2v) is 7.10. The molecular weight excluding hydrogens is 279 g/mol. The van der Waals surface area contributed by atoms with E-state index in [1.807, 2.05) is 0 Å². The molecule has 4 nitrogen and oxygen atoms in total. The van der Waals surface area contributed by atoms with Crippen LogP contribution in [0.25, 0.3) is 0 Å². The van der Waals surface area contributed by atoms with E-state index in [4.69, 9.17) is 5.26 Å². The van der Waals surface area contributed by atoms with Crippen molar-refractivity contribution >= 4 is 10.0 Å². The summed E-state index contributed by atoms with van der Waals surface area (Å²) in [7, 11) is -3.84. The molecule has 1 fully saturated rings. The standard InChI is InChI=1S/C14H17FN2O2S/c1-10-5-6-11(7-10)9-17-20(18,19)14-4-2-3-13(15)12(14)8-16/h2-4,10-11,17H,5-7,9H2,1H3. The molecule has 1 aliphatic rings. The Morgan fingerprint density at radius 3 is 2.80 bits per heavy atom. The highest BCUT2D eigenvalue weighted by Crippen LogP contribution is 2.30. The predicted molar refractivity (Wildman–Crippen MR) is 72.8 cm³/mol. The number of rotatable bonds is 4. The Labute approximate surface area is 118 Å². The van der Waals surface area contributed by atoms with Crippen molar-refractivity contribution in [2.45, 2.75) is 31.1 Å². The van der Waals surface area contributed by atoms with Crippen LogP contribution in [0.5, 0.6) is 0 Å². The molecule has 1 aromatic carbocycles. The minimum Gasteiger partial charge on any atom is -0.211 e. The van der Waals surface area contributed by atoms with Gasteiger partial charge in [0.05, 0.1) is 0 Å². The second-order valence-electron chi connectivity index (χ2n) is 5.36. The first-order valence-electron chi connectivity index (χ1n) is 6.62. The van der Waals surface area contributed by atoms with Gasteiger partial charge in [0.25, 0.3) is 0 Å². The minimum atomic E-state index is -3.84. The highest BCUT2D eigenvalue weighted by Gasteiger charge is 2.25. The topological polar surface area (TPSA) is 70.0 Å². The molecule has 1 aliphatic carbocycles. The number of nitrogens with one attached hydrogen (secondary N) is 1. The molecule has 108 valence electrons. The van der Waals surface area contributed by atoms with Crippen LogP contribution >= 0.6 is 0 Å². The Morgan fingerprint density at radius 2 is 2.20 bits per heavy atom. The third kappa shape index (κ3) is 3.17. The van der Waals surface area contributed by atoms with Crippen LogP contribution in [0, 0.1) is 29.0 Å². The SMILES string of the molecule is CC1CCC(CNS(=O)(=O)c2cccc(F)c2C#N)C1. The number of benzene rings is 1. The van der Waals surface area contributed by atoms with Crippen LogP contribution < -0.4 is 4.72 Å². The summed E-state index contributed by atoms with van der Waals surface area (Å²) in [4.78, 5) is -0.286. The molecule has 20 heavy (non-hydrogen) atoms.